The van der Waals surface area contributed by atoms with Crippen LogP contribution in [-0.2, 0) is 4.79 Å². The van der Waals surface area contributed by atoms with Crippen LogP contribution in [0.3, 0.4) is 0 Å². The minimum Gasteiger partial charge on any atom is -0.486 e. The largest absolute Gasteiger partial charge is 0.486 e. The molecule has 5 nitrogen and oxygen atoms in total. The zero-order valence-corrected chi connectivity index (χ0v) is 11.5. The van der Waals surface area contributed by atoms with Gasteiger partial charge in [-0.15, -0.1) is 0 Å². The van der Waals surface area contributed by atoms with E-state index in [1.165, 1.54) is 0 Å². The topological polar surface area (TPSA) is 59.0 Å². The number of carboxylic acid groups (broad SMARTS) is 1. The third-order valence-electron chi connectivity index (χ3n) is 4.03. The second-order valence-electron chi connectivity index (χ2n) is 5.64. The molecule has 1 aromatic carbocycles. The predicted octanol–water partition coefficient (Wildman–Crippen LogP) is 1.48. The van der Waals surface area contributed by atoms with Crippen LogP contribution in [0.25, 0.3) is 0 Å². The SMILES string of the molecule is C[C@@H]1CN(CC2COc3ccccc3O2)C[C@H]1C(=O)O. The molecule has 2 heterocycles. The molecule has 20 heavy (non-hydrogen) atoms. The maximum Gasteiger partial charge on any atom is 0.308 e. The van der Waals surface area contributed by atoms with Crippen LogP contribution in [0.5, 0.6) is 11.5 Å². The zero-order valence-electron chi connectivity index (χ0n) is 11.5. The highest BCUT2D eigenvalue weighted by molar-refractivity contribution is 5.71. The van der Waals surface area contributed by atoms with E-state index in [0.29, 0.717) is 19.7 Å². The third-order valence-corrected chi connectivity index (χ3v) is 4.03. The van der Waals surface area contributed by atoms with Gasteiger partial charge in [-0.25, -0.2) is 0 Å². The summed E-state index contributed by atoms with van der Waals surface area (Å²) in [5.41, 5.74) is 0. The Balaban J connectivity index is 1.59. The average Bonchev–Trinajstić information content (AvgIpc) is 2.79. The van der Waals surface area contributed by atoms with E-state index >= 15 is 0 Å². The van der Waals surface area contributed by atoms with Gasteiger partial charge < -0.3 is 14.6 Å². The van der Waals surface area contributed by atoms with Crippen molar-refractivity contribution in [1.29, 1.82) is 0 Å². The normalized spacial score (nSPS) is 29.4. The van der Waals surface area contributed by atoms with Crippen LogP contribution in [0.1, 0.15) is 6.92 Å². The highest BCUT2D eigenvalue weighted by atomic mass is 16.6. The van der Waals surface area contributed by atoms with E-state index in [9.17, 15) is 4.79 Å². The van der Waals surface area contributed by atoms with Crippen molar-refractivity contribution in [3.05, 3.63) is 24.3 Å². The highest BCUT2D eigenvalue weighted by Gasteiger charge is 2.36. The number of benzene rings is 1. The molecule has 3 atom stereocenters. The molecule has 3 rings (SSSR count). The molecule has 2 aliphatic rings. The molecule has 1 N–H and O–H groups in total. The van der Waals surface area contributed by atoms with Crippen LogP contribution >= 0.6 is 0 Å². The first-order valence-electron chi connectivity index (χ1n) is 6.97. The summed E-state index contributed by atoms with van der Waals surface area (Å²) in [7, 11) is 0. The maximum atomic E-state index is 11.1. The van der Waals surface area contributed by atoms with Crippen molar-refractivity contribution in [3.8, 4) is 11.5 Å². The average molecular weight is 277 g/mol. The summed E-state index contributed by atoms with van der Waals surface area (Å²) in [5, 5.41) is 9.15. The summed E-state index contributed by atoms with van der Waals surface area (Å²) in [6.07, 6.45) is -0.0374. The summed E-state index contributed by atoms with van der Waals surface area (Å²) >= 11 is 0. The van der Waals surface area contributed by atoms with Gasteiger partial charge in [0, 0.05) is 19.6 Å². The molecule has 0 amide bonds. The number of carbonyl (C=O) groups is 1. The molecule has 1 aromatic rings. The minimum absolute atomic E-state index is 0.0374. The summed E-state index contributed by atoms with van der Waals surface area (Å²) in [5.74, 6) is 0.759. The van der Waals surface area contributed by atoms with E-state index < -0.39 is 5.97 Å². The Morgan fingerprint density at radius 3 is 2.80 bits per heavy atom. The van der Waals surface area contributed by atoms with E-state index in [4.69, 9.17) is 14.6 Å². The van der Waals surface area contributed by atoms with Crippen molar-refractivity contribution >= 4 is 5.97 Å². The van der Waals surface area contributed by atoms with Gasteiger partial charge in [-0.3, -0.25) is 9.69 Å². The summed E-state index contributed by atoms with van der Waals surface area (Å²) in [6.45, 7) is 4.62. The maximum absolute atomic E-state index is 11.1. The van der Waals surface area contributed by atoms with Gasteiger partial charge in [0.1, 0.15) is 12.7 Å². The fraction of sp³-hybridized carbons (Fsp3) is 0.533. The Bertz CT molecular complexity index is 504. The Morgan fingerprint density at radius 1 is 1.35 bits per heavy atom. The molecule has 0 bridgehead atoms. The first-order chi connectivity index (χ1) is 9.63. The molecule has 1 fully saturated rings. The quantitative estimate of drug-likeness (QED) is 0.907. The number of hydrogen-bond donors (Lipinski definition) is 1. The zero-order chi connectivity index (χ0) is 14.1. The number of fused-ring (bicyclic) bond motifs is 1. The fourth-order valence-corrected chi connectivity index (χ4v) is 2.98. The lowest BCUT2D eigenvalue weighted by Gasteiger charge is -2.29. The van der Waals surface area contributed by atoms with E-state index in [2.05, 4.69) is 4.90 Å². The van der Waals surface area contributed by atoms with Gasteiger partial charge in [0.15, 0.2) is 11.5 Å². The second kappa shape index (κ2) is 5.32. The number of ether oxygens (including phenoxy) is 2. The van der Waals surface area contributed by atoms with Crippen LogP contribution in [0, 0.1) is 11.8 Å². The third kappa shape index (κ3) is 2.58. The number of carboxylic acids is 1. The number of para-hydroxylation sites is 2. The molecule has 0 aliphatic carbocycles. The van der Waals surface area contributed by atoms with Crippen LogP contribution in [0.15, 0.2) is 24.3 Å². The molecular formula is C15H19NO4. The molecule has 0 aromatic heterocycles. The molecular weight excluding hydrogens is 258 g/mol. The first-order valence-corrected chi connectivity index (χ1v) is 6.97. The lowest BCUT2D eigenvalue weighted by atomic mass is 9.99. The van der Waals surface area contributed by atoms with Crippen LogP contribution in [0.2, 0.25) is 0 Å². The van der Waals surface area contributed by atoms with Crippen molar-refractivity contribution < 1.29 is 19.4 Å². The smallest absolute Gasteiger partial charge is 0.308 e. The molecule has 0 spiro atoms. The molecule has 108 valence electrons. The van der Waals surface area contributed by atoms with Gasteiger partial charge in [-0.05, 0) is 18.1 Å². The monoisotopic (exact) mass is 277 g/mol. The van der Waals surface area contributed by atoms with Gasteiger partial charge in [-0.2, -0.15) is 0 Å². The Labute approximate surface area is 118 Å². The van der Waals surface area contributed by atoms with Gasteiger partial charge in [0.25, 0.3) is 0 Å². The molecule has 5 heteroatoms. The van der Waals surface area contributed by atoms with Crippen molar-refractivity contribution in [2.75, 3.05) is 26.2 Å². The summed E-state index contributed by atoms with van der Waals surface area (Å²) in [4.78, 5) is 13.3. The van der Waals surface area contributed by atoms with Crippen molar-refractivity contribution in [1.82, 2.24) is 4.90 Å². The Kier molecular flexibility index (Phi) is 3.53. The minimum atomic E-state index is -0.703. The molecule has 0 radical (unpaired) electrons. The predicted molar refractivity (Wildman–Crippen MR) is 73.1 cm³/mol. The van der Waals surface area contributed by atoms with Crippen LogP contribution < -0.4 is 9.47 Å². The number of nitrogens with zero attached hydrogens (tertiary/aromatic N) is 1. The van der Waals surface area contributed by atoms with Gasteiger partial charge in [0.2, 0.25) is 0 Å². The van der Waals surface area contributed by atoms with E-state index in [-0.39, 0.29) is 17.9 Å². The molecule has 1 unspecified atom stereocenters. The number of rotatable bonds is 3. The van der Waals surface area contributed by atoms with Gasteiger partial charge in [-0.1, -0.05) is 19.1 Å². The molecule has 1 saturated heterocycles. The van der Waals surface area contributed by atoms with E-state index in [1.54, 1.807) is 0 Å². The summed E-state index contributed by atoms with van der Waals surface area (Å²) < 4.78 is 11.6. The van der Waals surface area contributed by atoms with E-state index in [0.717, 1.165) is 18.0 Å². The van der Waals surface area contributed by atoms with Gasteiger partial charge in [0.05, 0.1) is 5.92 Å². The van der Waals surface area contributed by atoms with Crippen molar-refractivity contribution in [2.24, 2.45) is 11.8 Å². The van der Waals surface area contributed by atoms with Crippen LogP contribution in [0.4, 0.5) is 0 Å². The Hall–Kier alpha value is -1.75. The lowest BCUT2D eigenvalue weighted by molar-refractivity contribution is -0.142. The van der Waals surface area contributed by atoms with Crippen molar-refractivity contribution in [3.63, 3.8) is 0 Å². The second-order valence-corrected chi connectivity index (χ2v) is 5.64. The summed E-state index contributed by atoms with van der Waals surface area (Å²) in [6, 6.07) is 7.63. The highest BCUT2D eigenvalue weighted by Crippen LogP contribution is 2.32. The number of hydrogen-bond acceptors (Lipinski definition) is 4. The molecule has 2 aliphatic heterocycles. The van der Waals surface area contributed by atoms with Gasteiger partial charge >= 0.3 is 5.97 Å². The lowest BCUT2D eigenvalue weighted by Crippen LogP contribution is -2.40. The van der Waals surface area contributed by atoms with Crippen molar-refractivity contribution in [2.45, 2.75) is 13.0 Å². The fourth-order valence-electron chi connectivity index (χ4n) is 2.98. The number of likely N-dealkylation sites (tertiary alicyclic amines) is 1. The number of aliphatic carboxylic acids is 1. The van der Waals surface area contributed by atoms with Crippen LogP contribution in [-0.4, -0.2) is 48.3 Å². The Morgan fingerprint density at radius 2 is 2.10 bits per heavy atom. The first kappa shape index (κ1) is 13.2. The standard InChI is InChI=1S/C15H19NO4/c1-10-6-16(8-12(10)15(17)18)7-11-9-19-13-4-2-3-5-14(13)20-11/h2-5,10-12H,6-9H2,1H3,(H,17,18)/t10-,11?,12-/m1/s1. The van der Waals surface area contributed by atoms with E-state index in [1.807, 2.05) is 31.2 Å². The molecule has 0 saturated carbocycles.